The molecule has 0 aliphatic carbocycles. The molecule has 1 N–H and O–H groups in total. The number of carbonyl (C=O) groups is 3. The van der Waals surface area contributed by atoms with Gasteiger partial charge in [-0.25, -0.2) is 9.69 Å². The predicted octanol–water partition coefficient (Wildman–Crippen LogP) is 4.74. The summed E-state index contributed by atoms with van der Waals surface area (Å²) in [5.41, 5.74) is 2.76. The lowest BCUT2D eigenvalue weighted by Gasteiger charge is -2.27. The number of amides is 4. The zero-order valence-corrected chi connectivity index (χ0v) is 19.8. The topological polar surface area (TPSA) is 75.7 Å². The third-order valence-electron chi connectivity index (χ3n) is 4.19. The molecule has 2 aromatic carbocycles. The molecule has 1 heterocycles. The molecule has 1 fully saturated rings. The number of aryl methyl sites for hydroxylation is 2. The molecule has 2 aromatic rings. The van der Waals surface area contributed by atoms with Crippen molar-refractivity contribution in [2.24, 2.45) is 0 Å². The number of halogens is 2. The Kier molecular flexibility index (Phi) is 6.42. The van der Waals surface area contributed by atoms with Crippen molar-refractivity contribution < 1.29 is 19.1 Å². The van der Waals surface area contributed by atoms with Gasteiger partial charge < -0.3 is 4.74 Å². The van der Waals surface area contributed by atoms with Crippen molar-refractivity contribution in [3.8, 4) is 5.75 Å². The summed E-state index contributed by atoms with van der Waals surface area (Å²) in [6.45, 7) is 6.17. The van der Waals surface area contributed by atoms with Crippen LogP contribution in [0.1, 0.15) is 23.6 Å². The highest BCUT2D eigenvalue weighted by Crippen LogP contribution is 2.33. The minimum Gasteiger partial charge on any atom is -0.492 e. The van der Waals surface area contributed by atoms with Crippen LogP contribution in [0.25, 0.3) is 6.08 Å². The van der Waals surface area contributed by atoms with Gasteiger partial charge >= 0.3 is 6.03 Å². The van der Waals surface area contributed by atoms with Crippen molar-refractivity contribution in [2.75, 3.05) is 11.5 Å². The largest absolute Gasteiger partial charge is 0.492 e. The second kappa shape index (κ2) is 8.66. The van der Waals surface area contributed by atoms with Gasteiger partial charge in [0, 0.05) is 0 Å². The van der Waals surface area contributed by atoms with Gasteiger partial charge in [0.2, 0.25) is 0 Å². The number of nitrogens with one attached hydrogen (secondary N) is 1. The summed E-state index contributed by atoms with van der Waals surface area (Å²) in [5.74, 6) is -0.689. The van der Waals surface area contributed by atoms with E-state index in [1.165, 1.54) is 6.08 Å². The van der Waals surface area contributed by atoms with E-state index in [2.05, 4.69) is 43.8 Å². The lowest BCUT2D eigenvalue weighted by Crippen LogP contribution is -2.54. The highest BCUT2D eigenvalue weighted by molar-refractivity contribution is 14.1. The van der Waals surface area contributed by atoms with E-state index in [9.17, 15) is 14.4 Å². The van der Waals surface area contributed by atoms with Crippen molar-refractivity contribution in [1.82, 2.24) is 5.32 Å². The molecular formula is C21H18BrIN2O4. The standard InChI is InChI=1S/C21H18BrIN2O4/c1-4-29-18-16(22)9-13(10-17(18)23)8-15-19(26)24-21(28)25(20(15)27)14-6-11(2)5-12(3)7-14/h5-10H,4H2,1-3H3,(H,24,26,28)/b15-8+. The van der Waals surface area contributed by atoms with Crippen molar-refractivity contribution in [1.29, 1.82) is 0 Å². The molecule has 0 bridgehead atoms. The average molecular weight is 569 g/mol. The van der Waals surface area contributed by atoms with Crippen molar-refractivity contribution in [3.63, 3.8) is 0 Å². The number of hydrogen-bond donors (Lipinski definition) is 1. The predicted molar refractivity (Wildman–Crippen MR) is 123 cm³/mol. The summed E-state index contributed by atoms with van der Waals surface area (Å²) in [6.07, 6.45) is 1.47. The van der Waals surface area contributed by atoms with Crippen LogP contribution in [-0.4, -0.2) is 24.5 Å². The maximum atomic E-state index is 13.1. The number of carbonyl (C=O) groups excluding carboxylic acids is 3. The highest BCUT2D eigenvalue weighted by Gasteiger charge is 2.37. The fourth-order valence-electron chi connectivity index (χ4n) is 3.08. The molecule has 0 atom stereocenters. The molecule has 1 aliphatic rings. The Bertz CT molecular complexity index is 1020. The first-order valence-electron chi connectivity index (χ1n) is 8.83. The number of ether oxygens (including phenoxy) is 1. The molecule has 4 amide bonds. The normalized spacial score (nSPS) is 15.7. The van der Waals surface area contributed by atoms with Gasteiger partial charge in [0.25, 0.3) is 11.8 Å². The van der Waals surface area contributed by atoms with E-state index >= 15 is 0 Å². The molecule has 6 nitrogen and oxygen atoms in total. The number of barbiturate groups is 1. The van der Waals surface area contributed by atoms with Crippen LogP contribution < -0.4 is 15.0 Å². The van der Waals surface area contributed by atoms with E-state index in [0.717, 1.165) is 19.6 Å². The number of rotatable bonds is 4. The van der Waals surface area contributed by atoms with Crippen LogP contribution in [0.5, 0.6) is 5.75 Å². The van der Waals surface area contributed by atoms with Crippen molar-refractivity contribution >= 4 is 68.1 Å². The Morgan fingerprint density at radius 1 is 1.10 bits per heavy atom. The van der Waals surface area contributed by atoms with Crippen molar-refractivity contribution in [3.05, 3.63) is 60.6 Å². The highest BCUT2D eigenvalue weighted by atomic mass is 127. The number of anilines is 1. The number of nitrogens with zero attached hydrogens (tertiary/aromatic N) is 1. The first-order chi connectivity index (χ1) is 13.7. The lowest BCUT2D eigenvalue weighted by molar-refractivity contribution is -0.122. The molecule has 0 saturated carbocycles. The van der Waals surface area contributed by atoms with Crippen LogP contribution in [-0.2, 0) is 9.59 Å². The quantitative estimate of drug-likeness (QED) is 0.328. The fourth-order valence-corrected chi connectivity index (χ4v) is 4.85. The zero-order chi connectivity index (χ0) is 21.3. The minimum atomic E-state index is -0.760. The zero-order valence-electron chi connectivity index (χ0n) is 16.0. The molecule has 29 heavy (non-hydrogen) atoms. The van der Waals surface area contributed by atoms with Crippen LogP contribution in [0.3, 0.4) is 0 Å². The summed E-state index contributed by atoms with van der Waals surface area (Å²) in [5, 5.41) is 2.25. The number of imide groups is 2. The van der Waals surface area contributed by atoms with Crippen LogP contribution >= 0.6 is 38.5 Å². The SMILES string of the molecule is CCOc1c(Br)cc(/C=C2\C(=O)NC(=O)N(c3cc(C)cc(C)c3)C2=O)cc1I. The molecule has 1 aliphatic heterocycles. The van der Waals surface area contributed by atoms with E-state index < -0.39 is 17.8 Å². The second-order valence-electron chi connectivity index (χ2n) is 6.55. The Morgan fingerprint density at radius 2 is 1.76 bits per heavy atom. The Balaban J connectivity index is 2.04. The van der Waals surface area contributed by atoms with Gasteiger partial charge in [-0.1, -0.05) is 6.07 Å². The van der Waals surface area contributed by atoms with Gasteiger partial charge in [0.05, 0.1) is 20.3 Å². The van der Waals surface area contributed by atoms with Gasteiger partial charge in [-0.15, -0.1) is 0 Å². The van der Waals surface area contributed by atoms with Crippen LogP contribution in [0.2, 0.25) is 0 Å². The summed E-state index contributed by atoms with van der Waals surface area (Å²) >= 11 is 5.59. The summed E-state index contributed by atoms with van der Waals surface area (Å²) < 4.78 is 7.13. The van der Waals surface area contributed by atoms with E-state index in [1.54, 1.807) is 24.3 Å². The molecule has 0 unspecified atom stereocenters. The second-order valence-corrected chi connectivity index (χ2v) is 8.57. The van der Waals surface area contributed by atoms with Gasteiger partial charge in [-0.3, -0.25) is 14.9 Å². The summed E-state index contributed by atoms with van der Waals surface area (Å²) in [6, 6.07) is 8.21. The third-order valence-corrected chi connectivity index (χ3v) is 5.58. The molecule has 8 heteroatoms. The van der Waals surface area contributed by atoms with E-state index in [-0.39, 0.29) is 5.57 Å². The van der Waals surface area contributed by atoms with Crippen molar-refractivity contribution in [2.45, 2.75) is 20.8 Å². The maximum absolute atomic E-state index is 13.1. The molecule has 0 aromatic heterocycles. The van der Waals surface area contributed by atoms with Crippen LogP contribution in [0, 0.1) is 17.4 Å². The van der Waals surface area contributed by atoms with E-state index in [4.69, 9.17) is 4.74 Å². The van der Waals surface area contributed by atoms with E-state index in [0.29, 0.717) is 28.1 Å². The lowest BCUT2D eigenvalue weighted by atomic mass is 10.1. The Hall–Kier alpha value is -2.20. The summed E-state index contributed by atoms with van der Waals surface area (Å²) in [4.78, 5) is 38.8. The molecule has 0 spiro atoms. The minimum absolute atomic E-state index is 0.115. The number of hydrogen-bond acceptors (Lipinski definition) is 4. The van der Waals surface area contributed by atoms with Gasteiger partial charge in [-0.05, 0) is 106 Å². The Labute approximate surface area is 190 Å². The van der Waals surface area contributed by atoms with Crippen LogP contribution in [0.4, 0.5) is 10.5 Å². The first kappa shape index (κ1) is 21.5. The average Bonchev–Trinajstić information content (AvgIpc) is 2.61. The monoisotopic (exact) mass is 568 g/mol. The maximum Gasteiger partial charge on any atom is 0.335 e. The number of benzene rings is 2. The molecule has 150 valence electrons. The summed E-state index contributed by atoms with van der Waals surface area (Å²) in [7, 11) is 0. The smallest absolute Gasteiger partial charge is 0.335 e. The van der Waals surface area contributed by atoms with E-state index in [1.807, 2.05) is 26.8 Å². The molecular weight excluding hydrogens is 551 g/mol. The first-order valence-corrected chi connectivity index (χ1v) is 10.7. The van der Waals surface area contributed by atoms with Gasteiger partial charge in [0.15, 0.2) is 0 Å². The van der Waals surface area contributed by atoms with Crippen LogP contribution in [0.15, 0.2) is 40.4 Å². The third kappa shape index (κ3) is 4.53. The fraction of sp³-hybridized carbons (Fsp3) is 0.190. The molecule has 0 radical (unpaired) electrons. The molecule has 1 saturated heterocycles. The van der Waals surface area contributed by atoms with Gasteiger partial charge in [-0.2, -0.15) is 0 Å². The number of urea groups is 1. The van der Waals surface area contributed by atoms with Gasteiger partial charge in [0.1, 0.15) is 11.3 Å². The Morgan fingerprint density at radius 3 is 2.34 bits per heavy atom. The molecule has 3 rings (SSSR count).